The number of benzene rings is 1. The molecule has 3 rings (SSSR count). The number of aromatic nitrogens is 2. The van der Waals surface area contributed by atoms with Gasteiger partial charge in [-0.3, -0.25) is 0 Å². The molecule has 0 unspecified atom stereocenters. The van der Waals surface area contributed by atoms with Crippen molar-refractivity contribution >= 4 is 12.2 Å². The smallest absolute Gasteiger partial charge is 0.139 e. The first-order chi connectivity index (χ1) is 8.63. The minimum absolute atomic E-state index is 0.256. The van der Waals surface area contributed by atoms with Gasteiger partial charge in [-0.15, -0.1) is 0 Å². The Morgan fingerprint density at radius 1 is 1.33 bits per heavy atom. The normalized spacial score (nSPS) is 14.8. The quantitative estimate of drug-likeness (QED) is 0.822. The van der Waals surface area contributed by atoms with E-state index in [2.05, 4.69) is 9.97 Å². The van der Waals surface area contributed by atoms with E-state index in [9.17, 15) is 4.39 Å². The van der Waals surface area contributed by atoms with E-state index in [0.717, 1.165) is 16.8 Å². The van der Waals surface area contributed by atoms with Gasteiger partial charge in [-0.2, -0.15) is 0 Å². The number of rotatable bonds is 2. The van der Waals surface area contributed by atoms with Crippen LogP contribution >= 0.6 is 12.2 Å². The molecule has 2 nitrogen and oxygen atoms in total. The molecule has 0 spiro atoms. The van der Waals surface area contributed by atoms with Crippen molar-refractivity contribution in [2.45, 2.75) is 25.7 Å². The maximum absolute atomic E-state index is 13.3. The van der Waals surface area contributed by atoms with Crippen LogP contribution in [-0.2, 0) is 0 Å². The van der Waals surface area contributed by atoms with Gasteiger partial charge in [0.05, 0.1) is 0 Å². The molecule has 0 aliphatic heterocycles. The molecule has 1 aromatic carbocycles. The number of hydrogen-bond acceptors (Lipinski definition) is 2. The van der Waals surface area contributed by atoms with E-state index in [1.165, 1.54) is 25.0 Å². The van der Waals surface area contributed by atoms with Crippen LogP contribution in [-0.4, -0.2) is 9.97 Å². The Balaban J connectivity index is 2.15. The third-order valence-corrected chi connectivity index (χ3v) is 3.44. The highest BCUT2D eigenvalue weighted by atomic mass is 32.1. The maximum Gasteiger partial charge on any atom is 0.139 e. The van der Waals surface area contributed by atoms with E-state index >= 15 is 0 Å². The van der Waals surface area contributed by atoms with Crippen LogP contribution in [0.5, 0.6) is 0 Å². The van der Waals surface area contributed by atoms with Crippen molar-refractivity contribution in [3.63, 3.8) is 0 Å². The van der Waals surface area contributed by atoms with Crippen LogP contribution in [0.3, 0.4) is 0 Å². The second-order valence-corrected chi connectivity index (χ2v) is 5.18. The van der Waals surface area contributed by atoms with Gasteiger partial charge < -0.3 is 4.98 Å². The molecule has 0 amide bonds. The van der Waals surface area contributed by atoms with Crippen LogP contribution < -0.4 is 0 Å². The second kappa shape index (κ2) is 4.28. The highest BCUT2D eigenvalue weighted by Gasteiger charge is 2.25. The molecule has 1 aliphatic rings. The number of halogens is 1. The lowest BCUT2D eigenvalue weighted by atomic mass is 10.1. The maximum atomic E-state index is 13.3. The van der Waals surface area contributed by atoms with E-state index in [1.807, 2.05) is 13.0 Å². The van der Waals surface area contributed by atoms with Crippen LogP contribution in [0.15, 0.2) is 24.3 Å². The summed E-state index contributed by atoms with van der Waals surface area (Å²) in [6.45, 7) is 1.94. The average molecular weight is 260 g/mol. The van der Waals surface area contributed by atoms with E-state index in [-0.39, 0.29) is 5.82 Å². The minimum Gasteiger partial charge on any atom is -0.343 e. The SMILES string of the molecule is Cc1ccc(F)cc1-c1nc(=S)cc(C2CC2)[nH]1. The summed E-state index contributed by atoms with van der Waals surface area (Å²) in [5, 5.41) is 0. The number of nitrogens with one attached hydrogen (secondary N) is 1. The number of aromatic amines is 1. The zero-order chi connectivity index (χ0) is 12.7. The monoisotopic (exact) mass is 260 g/mol. The predicted octanol–water partition coefficient (Wildman–Crippen LogP) is 4.13. The number of hydrogen-bond donors (Lipinski definition) is 1. The van der Waals surface area contributed by atoms with Gasteiger partial charge in [-0.25, -0.2) is 9.37 Å². The van der Waals surface area contributed by atoms with E-state index in [0.29, 0.717) is 16.4 Å². The Morgan fingerprint density at radius 3 is 2.83 bits per heavy atom. The molecule has 1 fully saturated rings. The van der Waals surface area contributed by atoms with Gasteiger partial charge in [-0.05, 0) is 49.4 Å². The lowest BCUT2D eigenvalue weighted by Crippen LogP contribution is -1.97. The first-order valence-corrected chi connectivity index (χ1v) is 6.42. The summed E-state index contributed by atoms with van der Waals surface area (Å²) >= 11 is 5.19. The molecule has 0 atom stereocenters. The molecule has 2 aromatic rings. The molecular weight excluding hydrogens is 247 g/mol. The van der Waals surface area contributed by atoms with Gasteiger partial charge in [0.25, 0.3) is 0 Å². The standard InChI is InChI=1S/C14H13FN2S/c1-8-2-5-10(15)6-11(8)14-16-12(9-3-4-9)7-13(18)17-14/h2,5-7,9H,3-4H2,1H3,(H,16,17,18). The highest BCUT2D eigenvalue weighted by Crippen LogP contribution is 2.39. The van der Waals surface area contributed by atoms with Crippen LogP contribution in [0.4, 0.5) is 4.39 Å². The Hall–Kier alpha value is -1.55. The van der Waals surface area contributed by atoms with E-state index in [1.54, 1.807) is 6.07 Å². The summed E-state index contributed by atoms with van der Waals surface area (Å²) in [5.41, 5.74) is 2.89. The van der Waals surface area contributed by atoms with Crippen molar-refractivity contribution in [2.24, 2.45) is 0 Å². The Morgan fingerprint density at radius 2 is 2.11 bits per heavy atom. The van der Waals surface area contributed by atoms with Gasteiger partial charge in [0.2, 0.25) is 0 Å². The van der Waals surface area contributed by atoms with Gasteiger partial charge in [0, 0.05) is 11.3 Å². The molecule has 4 heteroatoms. The predicted molar refractivity (Wildman–Crippen MR) is 71.5 cm³/mol. The van der Waals surface area contributed by atoms with Crippen molar-refractivity contribution in [1.29, 1.82) is 0 Å². The lowest BCUT2D eigenvalue weighted by molar-refractivity contribution is 0.627. The summed E-state index contributed by atoms with van der Waals surface area (Å²) in [5.74, 6) is 0.984. The highest BCUT2D eigenvalue weighted by molar-refractivity contribution is 7.71. The van der Waals surface area contributed by atoms with Crippen molar-refractivity contribution in [3.8, 4) is 11.4 Å². The summed E-state index contributed by atoms with van der Waals surface area (Å²) in [6, 6.07) is 6.62. The molecule has 1 aromatic heterocycles. The first-order valence-electron chi connectivity index (χ1n) is 6.01. The third-order valence-electron chi connectivity index (χ3n) is 3.24. The first kappa shape index (κ1) is 11.5. The Kier molecular flexibility index (Phi) is 2.74. The average Bonchev–Trinajstić information content (AvgIpc) is 3.15. The Labute approximate surface area is 110 Å². The molecule has 1 saturated carbocycles. The minimum atomic E-state index is -0.256. The summed E-state index contributed by atoms with van der Waals surface area (Å²) in [4.78, 5) is 7.60. The molecule has 18 heavy (non-hydrogen) atoms. The van der Waals surface area contributed by atoms with Crippen LogP contribution in [0.2, 0.25) is 0 Å². The summed E-state index contributed by atoms with van der Waals surface area (Å²) < 4.78 is 13.9. The van der Waals surface area contributed by atoms with Crippen LogP contribution in [0.25, 0.3) is 11.4 Å². The number of H-pyrrole nitrogens is 1. The van der Waals surface area contributed by atoms with Gasteiger partial charge in [0.15, 0.2) is 0 Å². The number of aryl methyl sites for hydroxylation is 1. The van der Waals surface area contributed by atoms with Crippen molar-refractivity contribution in [1.82, 2.24) is 9.97 Å². The molecular formula is C14H13FN2S. The molecule has 1 heterocycles. The largest absolute Gasteiger partial charge is 0.343 e. The zero-order valence-electron chi connectivity index (χ0n) is 10.0. The van der Waals surface area contributed by atoms with Gasteiger partial charge in [0.1, 0.15) is 16.3 Å². The fraction of sp³-hybridized carbons (Fsp3) is 0.286. The fourth-order valence-corrected chi connectivity index (χ4v) is 2.29. The van der Waals surface area contributed by atoms with Crippen LogP contribution in [0, 0.1) is 17.4 Å². The van der Waals surface area contributed by atoms with Gasteiger partial charge in [-0.1, -0.05) is 18.3 Å². The zero-order valence-corrected chi connectivity index (χ0v) is 10.9. The molecule has 1 N–H and O–H groups in total. The van der Waals surface area contributed by atoms with Crippen molar-refractivity contribution < 1.29 is 4.39 Å². The molecule has 0 bridgehead atoms. The second-order valence-electron chi connectivity index (χ2n) is 4.76. The Bertz CT molecular complexity index is 659. The topological polar surface area (TPSA) is 28.7 Å². The molecule has 0 saturated heterocycles. The van der Waals surface area contributed by atoms with Crippen LogP contribution in [0.1, 0.15) is 30.0 Å². The third kappa shape index (κ3) is 2.20. The molecule has 0 radical (unpaired) electrons. The van der Waals surface area contributed by atoms with E-state index in [4.69, 9.17) is 12.2 Å². The summed E-state index contributed by atoms with van der Waals surface area (Å²) in [6.07, 6.45) is 2.38. The van der Waals surface area contributed by atoms with Crippen molar-refractivity contribution in [3.05, 3.63) is 46.0 Å². The van der Waals surface area contributed by atoms with Gasteiger partial charge >= 0.3 is 0 Å². The van der Waals surface area contributed by atoms with E-state index < -0.39 is 0 Å². The summed E-state index contributed by atoms with van der Waals surface area (Å²) in [7, 11) is 0. The molecule has 1 aliphatic carbocycles. The number of nitrogens with zero attached hydrogens (tertiary/aromatic N) is 1. The molecule has 92 valence electrons. The van der Waals surface area contributed by atoms with Crippen molar-refractivity contribution in [2.75, 3.05) is 0 Å². The fourth-order valence-electron chi connectivity index (χ4n) is 2.07. The lowest BCUT2D eigenvalue weighted by Gasteiger charge is -2.08.